The fourth-order valence-electron chi connectivity index (χ4n) is 2.29. The molecule has 0 unspecified atom stereocenters. The lowest BCUT2D eigenvalue weighted by Gasteiger charge is -1.98. The molecule has 0 saturated carbocycles. The average Bonchev–Trinajstić information content (AvgIpc) is 2.95. The van der Waals surface area contributed by atoms with E-state index >= 15 is 0 Å². The van der Waals surface area contributed by atoms with Crippen molar-refractivity contribution in [1.82, 2.24) is 15.4 Å². The number of nitrogens with one attached hydrogen (secondary N) is 2. The highest BCUT2D eigenvalue weighted by Crippen LogP contribution is 2.15. The molecule has 0 bridgehead atoms. The summed E-state index contributed by atoms with van der Waals surface area (Å²) in [7, 11) is 0. The van der Waals surface area contributed by atoms with Gasteiger partial charge in [-0.1, -0.05) is 30.3 Å². The fourth-order valence-corrected chi connectivity index (χ4v) is 2.29. The van der Waals surface area contributed by atoms with Gasteiger partial charge in [-0.2, -0.15) is 0 Å². The highest BCUT2D eigenvalue weighted by Gasteiger charge is 2.08. The number of aryl methyl sites for hydroxylation is 2. The van der Waals surface area contributed by atoms with Crippen molar-refractivity contribution in [3.05, 3.63) is 65.5 Å². The van der Waals surface area contributed by atoms with Crippen molar-refractivity contribution in [2.75, 3.05) is 0 Å². The second kappa shape index (κ2) is 5.76. The van der Waals surface area contributed by atoms with Crippen molar-refractivity contribution in [2.24, 2.45) is 0 Å². The Morgan fingerprint density at radius 3 is 2.71 bits per heavy atom. The summed E-state index contributed by atoms with van der Waals surface area (Å²) in [5.74, 6) is 0.354. The third-order valence-corrected chi connectivity index (χ3v) is 3.39. The lowest BCUT2D eigenvalue weighted by Crippen LogP contribution is -2.18. The zero-order valence-corrected chi connectivity index (χ0v) is 11.3. The lowest BCUT2D eigenvalue weighted by atomic mass is 10.1. The number of hydroxylamine groups is 1. The lowest BCUT2D eigenvalue weighted by molar-refractivity contribution is 0.0706. The number of amides is 1. The van der Waals surface area contributed by atoms with Crippen molar-refractivity contribution >= 4 is 16.9 Å². The predicted molar refractivity (Wildman–Crippen MR) is 79.2 cm³/mol. The van der Waals surface area contributed by atoms with Crippen molar-refractivity contribution < 1.29 is 10.0 Å². The summed E-state index contributed by atoms with van der Waals surface area (Å²) in [4.78, 5) is 19.1. The largest absolute Gasteiger partial charge is 0.342 e. The molecule has 3 rings (SSSR count). The van der Waals surface area contributed by atoms with Gasteiger partial charge in [0, 0.05) is 12.0 Å². The van der Waals surface area contributed by atoms with Crippen LogP contribution in [-0.2, 0) is 12.8 Å². The minimum Gasteiger partial charge on any atom is -0.342 e. The van der Waals surface area contributed by atoms with Gasteiger partial charge >= 0.3 is 0 Å². The first-order valence-corrected chi connectivity index (χ1v) is 6.73. The number of fused-ring (bicyclic) bond motifs is 1. The molecule has 0 aliphatic rings. The van der Waals surface area contributed by atoms with Crippen LogP contribution in [0.3, 0.4) is 0 Å². The van der Waals surface area contributed by atoms with E-state index in [-0.39, 0.29) is 0 Å². The van der Waals surface area contributed by atoms with Gasteiger partial charge in [-0.3, -0.25) is 10.0 Å². The number of aromatic nitrogens is 2. The van der Waals surface area contributed by atoms with Crippen molar-refractivity contribution in [1.29, 1.82) is 0 Å². The molecule has 0 radical (unpaired) electrons. The molecule has 0 aliphatic heterocycles. The zero-order chi connectivity index (χ0) is 14.7. The number of nitrogens with zero attached hydrogens (tertiary/aromatic N) is 1. The maximum atomic E-state index is 11.4. The molecular weight excluding hydrogens is 266 g/mol. The normalized spacial score (nSPS) is 10.7. The van der Waals surface area contributed by atoms with Gasteiger partial charge in [-0.25, -0.2) is 10.5 Å². The summed E-state index contributed by atoms with van der Waals surface area (Å²) in [6.45, 7) is 0. The summed E-state index contributed by atoms with van der Waals surface area (Å²) >= 11 is 0. The van der Waals surface area contributed by atoms with Crippen LogP contribution in [0.15, 0.2) is 48.5 Å². The van der Waals surface area contributed by atoms with Crippen LogP contribution in [0.5, 0.6) is 0 Å². The Kier molecular flexibility index (Phi) is 3.66. The summed E-state index contributed by atoms with van der Waals surface area (Å²) in [5.41, 5.74) is 4.88. The zero-order valence-electron chi connectivity index (χ0n) is 11.3. The second-order valence-electron chi connectivity index (χ2n) is 4.84. The topological polar surface area (TPSA) is 78.0 Å². The smallest absolute Gasteiger partial charge is 0.274 e. The van der Waals surface area contributed by atoms with Crippen LogP contribution in [0, 0.1) is 0 Å². The third-order valence-electron chi connectivity index (χ3n) is 3.39. The van der Waals surface area contributed by atoms with Gasteiger partial charge in [0.15, 0.2) is 0 Å². The van der Waals surface area contributed by atoms with Crippen LogP contribution in [0.1, 0.15) is 21.7 Å². The van der Waals surface area contributed by atoms with E-state index in [1.807, 2.05) is 18.2 Å². The number of H-pyrrole nitrogens is 1. The van der Waals surface area contributed by atoms with E-state index in [2.05, 4.69) is 22.1 Å². The summed E-state index contributed by atoms with van der Waals surface area (Å²) < 4.78 is 0. The van der Waals surface area contributed by atoms with Crippen molar-refractivity contribution in [3.63, 3.8) is 0 Å². The van der Waals surface area contributed by atoms with Gasteiger partial charge in [0.1, 0.15) is 5.82 Å². The minimum absolute atomic E-state index is 0.392. The maximum absolute atomic E-state index is 11.4. The van der Waals surface area contributed by atoms with Crippen LogP contribution < -0.4 is 5.48 Å². The molecule has 5 nitrogen and oxygen atoms in total. The second-order valence-corrected chi connectivity index (χ2v) is 4.84. The molecule has 0 atom stereocenters. The highest BCUT2D eigenvalue weighted by atomic mass is 16.5. The Balaban J connectivity index is 1.79. The van der Waals surface area contributed by atoms with Gasteiger partial charge in [0.05, 0.1) is 11.0 Å². The molecular formula is C16H15N3O2. The third kappa shape index (κ3) is 2.93. The number of rotatable bonds is 4. The molecule has 3 N–H and O–H groups in total. The molecule has 2 aromatic carbocycles. The number of imidazole rings is 1. The van der Waals surface area contributed by atoms with Gasteiger partial charge in [-0.05, 0) is 30.2 Å². The molecule has 0 fully saturated rings. The highest BCUT2D eigenvalue weighted by molar-refractivity contribution is 5.96. The average molecular weight is 281 g/mol. The van der Waals surface area contributed by atoms with E-state index in [1.165, 1.54) is 5.56 Å². The van der Waals surface area contributed by atoms with E-state index in [4.69, 9.17) is 5.21 Å². The Morgan fingerprint density at radius 1 is 1.14 bits per heavy atom. The summed E-state index contributed by atoms with van der Waals surface area (Å²) in [5, 5.41) is 8.65. The first-order valence-electron chi connectivity index (χ1n) is 6.73. The molecule has 5 heteroatoms. The molecule has 21 heavy (non-hydrogen) atoms. The van der Waals surface area contributed by atoms with Crippen LogP contribution in [-0.4, -0.2) is 21.1 Å². The molecule has 0 spiro atoms. The first kappa shape index (κ1) is 13.3. The SMILES string of the molecule is O=C(NO)c1ccc2nc(CCc3ccccc3)[nH]c2c1. The Hall–Kier alpha value is -2.66. The van der Waals surface area contributed by atoms with Gasteiger partial charge in [-0.15, -0.1) is 0 Å². The van der Waals surface area contributed by atoms with E-state index in [9.17, 15) is 4.79 Å². The van der Waals surface area contributed by atoms with E-state index in [0.717, 1.165) is 29.7 Å². The van der Waals surface area contributed by atoms with Crippen LogP contribution in [0.4, 0.5) is 0 Å². The number of benzene rings is 2. The maximum Gasteiger partial charge on any atom is 0.274 e. The fraction of sp³-hybridized carbons (Fsp3) is 0.125. The standard InChI is InChI=1S/C16H15N3O2/c20-16(19-21)12-7-8-13-14(10-12)18-15(17-13)9-6-11-4-2-1-3-5-11/h1-5,7-8,10,21H,6,9H2,(H,17,18)(H,19,20). The summed E-state index contributed by atoms with van der Waals surface area (Å²) in [6.07, 6.45) is 1.71. The van der Waals surface area contributed by atoms with Crippen LogP contribution >= 0.6 is 0 Å². The molecule has 1 amide bonds. The van der Waals surface area contributed by atoms with Crippen molar-refractivity contribution in [2.45, 2.75) is 12.8 Å². The van der Waals surface area contributed by atoms with Gasteiger partial charge in [0.25, 0.3) is 5.91 Å². The molecule has 1 aromatic heterocycles. The predicted octanol–water partition coefficient (Wildman–Crippen LogP) is 2.47. The molecule has 0 aliphatic carbocycles. The van der Waals surface area contributed by atoms with Crippen LogP contribution in [0.25, 0.3) is 11.0 Å². The van der Waals surface area contributed by atoms with E-state index in [1.54, 1.807) is 23.7 Å². The van der Waals surface area contributed by atoms with Gasteiger partial charge < -0.3 is 4.98 Å². The summed E-state index contributed by atoms with van der Waals surface area (Å²) in [6, 6.07) is 15.3. The molecule has 106 valence electrons. The van der Waals surface area contributed by atoms with E-state index in [0.29, 0.717) is 5.56 Å². The quantitative estimate of drug-likeness (QED) is 0.508. The van der Waals surface area contributed by atoms with Crippen molar-refractivity contribution in [3.8, 4) is 0 Å². The number of carbonyl (C=O) groups is 1. The van der Waals surface area contributed by atoms with Gasteiger partial charge in [0.2, 0.25) is 0 Å². The number of aromatic amines is 1. The molecule has 1 heterocycles. The first-order chi connectivity index (χ1) is 10.3. The minimum atomic E-state index is -0.530. The van der Waals surface area contributed by atoms with E-state index < -0.39 is 5.91 Å². The molecule has 3 aromatic rings. The number of carbonyl (C=O) groups excluding carboxylic acids is 1. The molecule has 0 saturated heterocycles. The van der Waals surface area contributed by atoms with Crippen LogP contribution in [0.2, 0.25) is 0 Å². The Bertz CT molecular complexity index is 766. The monoisotopic (exact) mass is 281 g/mol. The Morgan fingerprint density at radius 2 is 1.95 bits per heavy atom. The Labute approximate surface area is 121 Å². The number of hydrogen-bond acceptors (Lipinski definition) is 3. The number of hydrogen-bond donors (Lipinski definition) is 3.